The fourth-order valence-corrected chi connectivity index (χ4v) is 4.14. The number of Topliss-reactive ketones (excluding diaryl/α,β-unsaturated/α-hetero) is 1. The van der Waals surface area contributed by atoms with E-state index in [4.69, 9.17) is 15.2 Å². The molecule has 0 aromatic heterocycles. The Morgan fingerprint density at radius 2 is 1.82 bits per heavy atom. The predicted octanol–water partition coefficient (Wildman–Crippen LogP) is -1.76. The van der Waals surface area contributed by atoms with Crippen LogP contribution in [0, 0.1) is 5.41 Å². The molecule has 0 aromatic rings. The zero-order valence-corrected chi connectivity index (χ0v) is 24.7. The third-order valence-electron chi connectivity index (χ3n) is 6.13. The van der Waals surface area contributed by atoms with Crippen LogP contribution in [-0.4, -0.2) is 127 Å². The van der Waals surface area contributed by atoms with E-state index in [1.165, 1.54) is 18.8 Å². The Kier molecular flexibility index (Phi) is 15.3. The summed E-state index contributed by atoms with van der Waals surface area (Å²) in [6, 6.07) is -1.16. The number of carbonyl (C=O) groups excluding carboxylic acids is 6. The lowest BCUT2D eigenvalue weighted by atomic mass is 9.86. The first-order chi connectivity index (χ1) is 18.7. The van der Waals surface area contributed by atoms with Crippen molar-refractivity contribution >= 4 is 47.1 Å². The lowest BCUT2D eigenvalue weighted by molar-refractivity contribution is -0.146. The van der Waals surface area contributed by atoms with Crippen molar-refractivity contribution in [1.29, 1.82) is 0 Å². The number of nitrogens with two attached hydrogens (primary N) is 1. The normalized spacial score (nSPS) is 17.0. The minimum Gasteiger partial charge on any atom is -0.377 e. The number of rotatable bonds is 18. The van der Waals surface area contributed by atoms with E-state index in [9.17, 15) is 33.9 Å². The summed E-state index contributed by atoms with van der Waals surface area (Å²) in [6.07, 6.45) is 0.369. The van der Waals surface area contributed by atoms with Gasteiger partial charge in [-0.15, -0.1) is 0 Å². The summed E-state index contributed by atoms with van der Waals surface area (Å²) in [4.78, 5) is 75.9. The number of aliphatic hydroxyl groups is 1. The molecule has 5 amide bonds. The van der Waals surface area contributed by atoms with E-state index in [2.05, 4.69) is 10.6 Å². The van der Waals surface area contributed by atoms with Crippen molar-refractivity contribution in [1.82, 2.24) is 20.4 Å². The third kappa shape index (κ3) is 11.9. The van der Waals surface area contributed by atoms with Crippen LogP contribution in [0.25, 0.3) is 0 Å². The van der Waals surface area contributed by atoms with Crippen molar-refractivity contribution in [3.8, 4) is 0 Å². The lowest BCUT2D eigenvalue weighted by Crippen LogP contribution is -2.53. The second-order valence-electron chi connectivity index (χ2n) is 10.2. The molecule has 3 unspecified atom stereocenters. The smallest absolute Gasteiger partial charge is 0.249 e. The minimum atomic E-state index is -1.31. The highest BCUT2D eigenvalue weighted by atomic mass is 32.2. The summed E-state index contributed by atoms with van der Waals surface area (Å²) in [5, 5.41) is 14.2. The summed E-state index contributed by atoms with van der Waals surface area (Å²) < 4.78 is 10.7. The van der Waals surface area contributed by atoms with Crippen molar-refractivity contribution in [3.63, 3.8) is 0 Å². The topological polar surface area (TPSA) is 198 Å². The van der Waals surface area contributed by atoms with E-state index in [1.807, 2.05) is 0 Å². The largest absolute Gasteiger partial charge is 0.377 e. The van der Waals surface area contributed by atoms with Crippen molar-refractivity contribution in [2.75, 3.05) is 59.4 Å². The van der Waals surface area contributed by atoms with Gasteiger partial charge >= 0.3 is 0 Å². The van der Waals surface area contributed by atoms with Gasteiger partial charge in [-0.05, 0) is 6.26 Å². The summed E-state index contributed by atoms with van der Waals surface area (Å²) in [7, 11) is 1.37. The molecule has 1 rings (SSSR count). The van der Waals surface area contributed by atoms with Crippen LogP contribution in [0.2, 0.25) is 0 Å². The van der Waals surface area contributed by atoms with Gasteiger partial charge in [0.1, 0.15) is 24.7 Å². The van der Waals surface area contributed by atoms with E-state index in [1.54, 1.807) is 27.0 Å². The van der Waals surface area contributed by atoms with E-state index in [0.29, 0.717) is 0 Å². The van der Waals surface area contributed by atoms with Crippen molar-refractivity contribution in [3.05, 3.63) is 0 Å². The van der Waals surface area contributed by atoms with E-state index < -0.39 is 29.5 Å². The number of amides is 5. The molecule has 1 aliphatic rings. The number of ketones is 1. The monoisotopic (exact) mass is 589 g/mol. The predicted molar refractivity (Wildman–Crippen MR) is 147 cm³/mol. The Morgan fingerprint density at radius 1 is 1.18 bits per heavy atom. The van der Waals surface area contributed by atoms with Gasteiger partial charge in [0.2, 0.25) is 29.5 Å². The molecule has 1 aliphatic heterocycles. The number of hydrogen-bond acceptors (Lipinski definition) is 11. The van der Waals surface area contributed by atoms with Gasteiger partial charge in [-0.2, -0.15) is 11.8 Å². The summed E-state index contributed by atoms with van der Waals surface area (Å²) in [5.74, 6) is -2.34. The summed E-state index contributed by atoms with van der Waals surface area (Å²) in [5.41, 5.74) is 4.60. The van der Waals surface area contributed by atoms with Crippen LogP contribution < -0.4 is 16.4 Å². The fourth-order valence-electron chi connectivity index (χ4n) is 3.50. The first kappa shape index (κ1) is 35.4. The molecule has 0 saturated carbocycles. The third-order valence-corrected chi connectivity index (χ3v) is 7.06. The van der Waals surface area contributed by atoms with Gasteiger partial charge in [-0.3, -0.25) is 33.7 Å². The van der Waals surface area contributed by atoms with Crippen LogP contribution in [-0.2, 0) is 38.2 Å². The zero-order chi connectivity index (χ0) is 30.5. The van der Waals surface area contributed by atoms with Crippen LogP contribution in [0.3, 0.4) is 0 Å². The Bertz CT molecular complexity index is 912. The number of nitrogens with one attached hydrogen (secondary N) is 2. The van der Waals surface area contributed by atoms with Crippen LogP contribution in [0.5, 0.6) is 0 Å². The second kappa shape index (κ2) is 17.3. The molecule has 14 nitrogen and oxygen atoms in total. The molecule has 0 bridgehead atoms. The molecule has 0 spiro atoms. The van der Waals surface area contributed by atoms with Gasteiger partial charge in [0.15, 0.2) is 0 Å². The molecule has 0 radical (unpaired) electrons. The van der Waals surface area contributed by atoms with Crippen LogP contribution in [0.15, 0.2) is 0 Å². The molecule has 40 heavy (non-hydrogen) atoms. The number of carbonyl (C=O) groups is 6. The van der Waals surface area contributed by atoms with Crippen molar-refractivity contribution in [2.45, 2.75) is 57.6 Å². The molecule has 0 aliphatic carbocycles. The second-order valence-corrected chi connectivity index (χ2v) is 11.3. The first-order valence-electron chi connectivity index (χ1n) is 13.0. The van der Waals surface area contributed by atoms with Gasteiger partial charge in [0.05, 0.1) is 25.1 Å². The number of imide groups is 1. The van der Waals surface area contributed by atoms with Crippen molar-refractivity contribution < 1.29 is 43.3 Å². The Labute approximate surface area is 239 Å². The number of hydrogen-bond donors (Lipinski definition) is 4. The van der Waals surface area contributed by atoms with E-state index in [-0.39, 0.29) is 94.1 Å². The van der Waals surface area contributed by atoms with Gasteiger partial charge < -0.3 is 35.8 Å². The van der Waals surface area contributed by atoms with Gasteiger partial charge in [-0.1, -0.05) is 20.8 Å². The van der Waals surface area contributed by atoms with Crippen LogP contribution >= 0.6 is 11.8 Å². The standard InChI is InChI=1S/C25H43N5O9S/c1-25(2,3)18(31)12-16(23(36)28-20(33)14-26)29(4)22(35)15-39-11-10-38-9-7-27-19(32)6-8-30-21(34)13-17(40-5)24(30)37/h16-17,20,33H,6-15,26H2,1-5H3,(H,27,32)(H,28,36). The average molecular weight is 590 g/mol. The maximum atomic E-state index is 12.6. The molecule has 1 fully saturated rings. The number of likely N-dealkylation sites (tertiary alicyclic amines) is 1. The molecular weight excluding hydrogens is 546 g/mol. The van der Waals surface area contributed by atoms with Gasteiger partial charge in [0.25, 0.3) is 0 Å². The number of nitrogens with zero attached hydrogens (tertiary/aromatic N) is 2. The molecule has 0 aromatic carbocycles. The quantitative estimate of drug-likeness (QED) is 0.0803. The number of likely N-dealkylation sites (N-methyl/N-ethyl adjacent to an activating group) is 1. The van der Waals surface area contributed by atoms with Crippen molar-refractivity contribution in [2.24, 2.45) is 11.1 Å². The molecule has 1 saturated heterocycles. The molecule has 228 valence electrons. The fraction of sp³-hybridized carbons (Fsp3) is 0.760. The molecule has 1 heterocycles. The number of thioether (sulfide) groups is 1. The maximum Gasteiger partial charge on any atom is 0.249 e. The minimum absolute atomic E-state index is 0.00285. The highest BCUT2D eigenvalue weighted by molar-refractivity contribution is 8.00. The Morgan fingerprint density at radius 3 is 2.40 bits per heavy atom. The van der Waals surface area contributed by atoms with E-state index >= 15 is 0 Å². The highest BCUT2D eigenvalue weighted by Crippen LogP contribution is 2.23. The first-order valence-corrected chi connectivity index (χ1v) is 14.3. The molecule has 15 heteroatoms. The maximum absolute atomic E-state index is 12.6. The molecular formula is C25H43N5O9S. The van der Waals surface area contributed by atoms with Crippen LogP contribution in [0.4, 0.5) is 0 Å². The summed E-state index contributed by atoms with van der Waals surface area (Å²) >= 11 is 1.32. The lowest BCUT2D eigenvalue weighted by Gasteiger charge is -2.29. The SMILES string of the molecule is CSC1CC(=O)N(CCC(=O)NCCOCCOCC(=O)N(C)C(CC(=O)C(C)(C)C)C(=O)NC(O)CN)C1=O. The Hall–Kier alpha value is -2.59. The molecule has 3 atom stereocenters. The number of aliphatic hydroxyl groups excluding tert-OH is 1. The zero-order valence-electron chi connectivity index (χ0n) is 23.9. The highest BCUT2D eigenvalue weighted by Gasteiger charge is 2.38. The van der Waals surface area contributed by atoms with Gasteiger partial charge in [0, 0.05) is 51.4 Å². The Balaban J connectivity index is 2.33. The average Bonchev–Trinajstić information content (AvgIpc) is 3.17. The summed E-state index contributed by atoms with van der Waals surface area (Å²) in [6.45, 7) is 5.15. The van der Waals surface area contributed by atoms with E-state index in [0.717, 1.165) is 9.80 Å². The van der Waals surface area contributed by atoms with Crippen LogP contribution in [0.1, 0.15) is 40.0 Å². The molecule has 5 N–H and O–H groups in total. The van der Waals surface area contributed by atoms with Gasteiger partial charge in [-0.25, -0.2) is 0 Å². The number of ether oxygens (including phenoxy) is 2.